The van der Waals surface area contributed by atoms with E-state index in [1.54, 1.807) is 24.4 Å². The summed E-state index contributed by atoms with van der Waals surface area (Å²) in [6.45, 7) is 0. The molecular formula is C25H20N4O2. The summed E-state index contributed by atoms with van der Waals surface area (Å²) in [5.41, 5.74) is 16.1. The van der Waals surface area contributed by atoms with Crippen LogP contribution < -0.4 is 16.2 Å². The summed E-state index contributed by atoms with van der Waals surface area (Å²) in [7, 11) is 0. The number of hydrogen-bond acceptors (Lipinski definition) is 5. The van der Waals surface area contributed by atoms with Crippen LogP contribution in [0.15, 0.2) is 85.1 Å². The lowest BCUT2D eigenvalue weighted by Crippen LogP contribution is -2.16. The van der Waals surface area contributed by atoms with Crippen LogP contribution in [0.1, 0.15) is 15.9 Å². The molecule has 0 atom stereocenters. The third-order valence-corrected chi connectivity index (χ3v) is 4.83. The maximum absolute atomic E-state index is 11.1. The van der Waals surface area contributed by atoms with Crippen LogP contribution in [-0.2, 0) is 0 Å². The normalized spacial score (nSPS) is 10.5. The number of aromatic nitrogens is 1. The van der Waals surface area contributed by atoms with Crippen LogP contribution in [0.5, 0.6) is 11.5 Å². The average Bonchev–Trinajstić information content (AvgIpc) is 2.80. The maximum atomic E-state index is 11.1. The molecule has 152 valence electrons. The van der Waals surface area contributed by atoms with E-state index >= 15 is 0 Å². The van der Waals surface area contributed by atoms with E-state index in [1.807, 2.05) is 60.7 Å². The molecule has 4 rings (SSSR count). The number of para-hydroxylation sites is 1. The molecule has 31 heavy (non-hydrogen) atoms. The molecule has 0 radical (unpaired) electrons. The van der Waals surface area contributed by atoms with Crippen molar-refractivity contribution in [1.29, 1.82) is 5.41 Å². The van der Waals surface area contributed by atoms with Crippen LogP contribution in [-0.4, -0.2) is 17.1 Å². The van der Waals surface area contributed by atoms with Gasteiger partial charge in [0.15, 0.2) is 0 Å². The van der Waals surface area contributed by atoms with Gasteiger partial charge in [-0.05, 0) is 48.0 Å². The first-order valence-corrected chi connectivity index (χ1v) is 9.58. The minimum Gasteiger partial charge on any atom is -0.457 e. The first kappa shape index (κ1) is 19.8. The molecule has 0 amide bonds. The second-order valence-corrected chi connectivity index (χ2v) is 6.91. The Balaban J connectivity index is 1.72. The molecule has 0 spiro atoms. The summed E-state index contributed by atoms with van der Waals surface area (Å²) in [5.74, 6) is 1.23. The number of benzene rings is 3. The molecule has 0 bridgehead atoms. The molecule has 0 fully saturated rings. The van der Waals surface area contributed by atoms with Crippen LogP contribution in [0.25, 0.3) is 22.4 Å². The number of hydrogen-bond donors (Lipinski definition) is 3. The van der Waals surface area contributed by atoms with Gasteiger partial charge in [0.2, 0.25) is 0 Å². The zero-order chi connectivity index (χ0) is 21.8. The monoisotopic (exact) mass is 408 g/mol. The van der Waals surface area contributed by atoms with Gasteiger partial charge in [-0.25, -0.2) is 0 Å². The van der Waals surface area contributed by atoms with Crippen LogP contribution in [0, 0.1) is 5.41 Å². The largest absolute Gasteiger partial charge is 0.457 e. The van der Waals surface area contributed by atoms with Gasteiger partial charge in [0.1, 0.15) is 23.6 Å². The smallest absolute Gasteiger partial charge is 0.150 e. The Labute approximate surface area is 179 Å². The molecule has 5 N–H and O–H groups in total. The van der Waals surface area contributed by atoms with Gasteiger partial charge in [-0.15, -0.1) is 0 Å². The number of carbonyl (C=O) groups is 1. The van der Waals surface area contributed by atoms with Gasteiger partial charge in [0, 0.05) is 22.9 Å². The first-order valence-electron chi connectivity index (χ1n) is 9.58. The van der Waals surface area contributed by atoms with Crippen molar-refractivity contribution in [3.63, 3.8) is 0 Å². The molecule has 0 unspecified atom stereocenters. The van der Waals surface area contributed by atoms with E-state index < -0.39 is 0 Å². The molecule has 0 aliphatic heterocycles. The predicted octanol–water partition coefficient (Wildman–Crippen LogP) is 4.89. The zero-order valence-electron chi connectivity index (χ0n) is 16.6. The Morgan fingerprint density at radius 3 is 2.29 bits per heavy atom. The summed E-state index contributed by atoms with van der Waals surface area (Å²) < 4.78 is 5.83. The van der Waals surface area contributed by atoms with Crippen LogP contribution in [0.3, 0.4) is 0 Å². The van der Waals surface area contributed by atoms with E-state index in [9.17, 15) is 4.79 Å². The number of anilines is 1. The fraction of sp³-hybridized carbons (Fsp3) is 0. The van der Waals surface area contributed by atoms with E-state index in [4.69, 9.17) is 21.6 Å². The first-order chi connectivity index (χ1) is 15.1. The van der Waals surface area contributed by atoms with Crippen molar-refractivity contribution in [2.24, 2.45) is 5.73 Å². The predicted molar refractivity (Wildman–Crippen MR) is 122 cm³/mol. The van der Waals surface area contributed by atoms with Gasteiger partial charge in [-0.2, -0.15) is 0 Å². The molecule has 3 aromatic carbocycles. The highest BCUT2D eigenvalue weighted by Gasteiger charge is 2.18. The second-order valence-electron chi connectivity index (χ2n) is 6.91. The topological polar surface area (TPSA) is 115 Å². The fourth-order valence-electron chi connectivity index (χ4n) is 3.33. The van der Waals surface area contributed by atoms with E-state index in [1.165, 1.54) is 0 Å². The second kappa shape index (κ2) is 8.51. The summed E-state index contributed by atoms with van der Waals surface area (Å²) in [6, 6.07) is 23.9. The molecule has 0 aliphatic carbocycles. The SMILES string of the molecule is N=C(N)c1c(-c2ccc(Oc3ccccc3)cc2)ncc(-c2cccc(C=O)c2)c1N. The molecule has 0 saturated heterocycles. The van der Waals surface area contributed by atoms with Gasteiger partial charge in [-0.1, -0.05) is 36.4 Å². The number of rotatable bonds is 6. The highest BCUT2D eigenvalue weighted by molar-refractivity contribution is 6.08. The summed E-state index contributed by atoms with van der Waals surface area (Å²) in [6.07, 6.45) is 2.40. The van der Waals surface area contributed by atoms with Crippen molar-refractivity contribution >= 4 is 17.8 Å². The summed E-state index contributed by atoms with van der Waals surface area (Å²) >= 11 is 0. The van der Waals surface area contributed by atoms with E-state index in [0.717, 1.165) is 23.2 Å². The quantitative estimate of drug-likeness (QED) is 0.239. The maximum Gasteiger partial charge on any atom is 0.150 e. The number of nitrogens with two attached hydrogens (primary N) is 2. The lowest BCUT2D eigenvalue weighted by atomic mass is 9.97. The van der Waals surface area contributed by atoms with E-state index in [2.05, 4.69) is 4.98 Å². The third-order valence-electron chi connectivity index (χ3n) is 4.83. The Morgan fingerprint density at radius 1 is 0.903 bits per heavy atom. The number of nitrogen functional groups attached to an aromatic ring is 2. The molecular weight excluding hydrogens is 388 g/mol. The summed E-state index contributed by atoms with van der Waals surface area (Å²) in [5, 5.41) is 8.07. The van der Waals surface area contributed by atoms with E-state index in [0.29, 0.717) is 33.8 Å². The Morgan fingerprint density at radius 2 is 1.61 bits per heavy atom. The molecule has 6 heteroatoms. The molecule has 6 nitrogen and oxygen atoms in total. The molecule has 1 aromatic heterocycles. The molecule has 0 aliphatic rings. The van der Waals surface area contributed by atoms with Crippen LogP contribution >= 0.6 is 0 Å². The number of ether oxygens (including phenoxy) is 1. The van der Waals surface area contributed by atoms with Crippen molar-refractivity contribution in [3.05, 3.63) is 96.2 Å². The standard InChI is InChI=1S/C25H20N4O2/c26-23-21(18-6-4-5-16(13-18)15-30)14-29-24(22(23)25(27)28)17-9-11-20(12-10-17)31-19-7-2-1-3-8-19/h1-15H,(H2,26,29)(H3,27,28). The lowest BCUT2D eigenvalue weighted by Gasteiger charge is -2.15. The highest BCUT2D eigenvalue weighted by atomic mass is 16.5. The third kappa shape index (κ3) is 4.13. The summed E-state index contributed by atoms with van der Waals surface area (Å²) in [4.78, 5) is 15.7. The number of amidine groups is 1. The van der Waals surface area contributed by atoms with Crippen LogP contribution in [0.4, 0.5) is 5.69 Å². The Bertz CT molecular complexity index is 1250. The van der Waals surface area contributed by atoms with Crippen molar-refractivity contribution in [2.75, 3.05) is 5.73 Å². The van der Waals surface area contributed by atoms with Gasteiger partial charge in [0.25, 0.3) is 0 Å². The minimum atomic E-state index is -0.182. The van der Waals surface area contributed by atoms with Gasteiger partial charge in [-0.3, -0.25) is 15.2 Å². The van der Waals surface area contributed by atoms with Gasteiger partial charge < -0.3 is 16.2 Å². The average molecular weight is 408 g/mol. The van der Waals surface area contributed by atoms with Gasteiger partial charge in [0.05, 0.1) is 16.9 Å². The van der Waals surface area contributed by atoms with Crippen molar-refractivity contribution in [3.8, 4) is 33.9 Å². The fourth-order valence-corrected chi connectivity index (χ4v) is 3.33. The number of nitrogens with one attached hydrogen (secondary N) is 1. The lowest BCUT2D eigenvalue weighted by molar-refractivity contribution is 0.112. The van der Waals surface area contributed by atoms with Gasteiger partial charge >= 0.3 is 0 Å². The van der Waals surface area contributed by atoms with E-state index in [-0.39, 0.29) is 5.84 Å². The number of carbonyl (C=O) groups excluding carboxylic acids is 1. The highest BCUT2D eigenvalue weighted by Crippen LogP contribution is 2.34. The zero-order valence-corrected chi connectivity index (χ0v) is 16.6. The number of aldehydes is 1. The molecule has 1 heterocycles. The molecule has 4 aromatic rings. The number of nitrogens with zero attached hydrogens (tertiary/aromatic N) is 1. The van der Waals surface area contributed by atoms with Crippen LogP contribution in [0.2, 0.25) is 0 Å². The van der Waals surface area contributed by atoms with Crippen molar-refractivity contribution in [2.45, 2.75) is 0 Å². The number of pyridine rings is 1. The Hall–Kier alpha value is -4.45. The van der Waals surface area contributed by atoms with Crippen molar-refractivity contribution in [1.82, 2.24) is 4.98 Å². The van der Waals surface area contributed by atoms with Crippen molar-refractivity contribution < 1.29 is 9.53 Å². The Kier molecular flexibility index (Phi) is 5.45. The molecule has 0 saturated carbocycles. The minimum absolute atomic E-state index is 0.182.